The number of anilines is 1. The largest absolute Gasteiger partial charge is 0.493 e. The first-order valence-electron chi connectivity index (χ1n) is 13.4. The minimum Gasteiger partial charge on any atom is -0.493 e. The second-order valence-electron chi connectivity index (χ2n) is 10.4. The van der Waals surface area contributed by atoms with E-state index in [9.17, 15) is 9.90 Å². The number of piperazine rings is 1. The van der Waals surface area contributed by atoms with Gasteiger partial charge in [0.05, 0.1) is 31.9 Å². The summed E-state index contributed by atoms with van der Waals surface area (Å²) in [5, 5.41) is 9.89. The lowest BCUT2D eigenvalue weighted by Crippen LogP contribution is -2.57. The van der Waals surface area contributed by atoms with E-state index in [1.54, 1.807) is 7.11 Å². The van der Waals surface area contributed by atoms with E-state index < -0.39 is 0 Å². The molecule has 0 bridgehead atoms. The van der Waals surface area contributed by atoms with Crippen LogP contribution in [0.25, 0.3) is 0 Å². The van der Waals surface area contributed by atoms with Gasteiger partial charge >= 0.3 is 0 Å². The number of likely N-dealkylation sites (tertiary alicyclic amines) is 1. The Kier molecular flexibility index (Phi) is 7.97. The van der Waals surface area contributed by atoms with E-state index in [4.69, 9.17) is 9.47 Å². The fourth-order valence-electron chi connectivity index (χ4n) is 5.86. The molecule has 3 fully saturated rings. The highest BCUT2D eigenvalue weighted by Crippen LogP contribution is 2.36. The first-order valence-corrected chi connectivity index (χ1v) is 13.4. The minimum atomic E-state index is -0.314. The molecule has 36 heavy (non-hydrogen) atoms. The Morgan fingerprint density at radius 3 is 2.50 bits per heavy atom. The number of rotatable bonds is 8. The molecule has 1 N–H and O–H groups in total. The third kappa shape index (κ3) is 5.95. The quantitative estimate of drug-likeness (QED) is 0.609. The van der Waals surface area contributed by atoms with Crippen molar-refractivity contribution in [3.63, 3.8) is 0 Å². The van der Waals surface area contributed by atoms with Crippen molar-refractivity contribution in [1.82, 2.24) is 9.80 Å². The van der Waals surface area contributed by atoms with Crippen molar-refractivity contribution in [2.45, 2.75) is 56.8 Å². The maximum absolute atomic E-state index is 13.4. The second kappa shape index (κ2) is 11.5. The van der Waals surface area contributed by atoms with Crippen LogP contribution in [0, 0.1) is 0 Å². The Morgan fingerprint density at radius 1 is 0.972 bits per heavy atom. The SMILES string of the molecule is COc1ccc(N2CCN(C(=O)CN3CC[C@@H](O)C3)[C@@H](Cc3ccccc3)C2)cc1OC1CCCC1. The van der Waals surface area contributed by atoms with Crippen LogP contribution in [0.4, 0.5) is 5.69 Å². The van der Waals surface area contributed by atoms with Gasteiger partial charge in [-0.05, 0) is 56.2 Å². The molecule has 0 aromatic heterocycles. The third-order valence-electron chi connectivity index (χ3n) is 7.83. The van der Waals surface area contributed by atoms with Crippen molar-refractivity contribution >= 4 is 11.6 Å². The second-order valence-corrected chi connectivity index (χ2v) is 10.4. The minimum absolute atomic E-state index is 0.0717. The number of aliphatic hydroxyl groups excluding tert-OH is 1. The summed E-state index contributed by atoms with van der Waals surface area (Å²) in [6.45, 7) is 3.96. The number of amides is 1. The van der Waals surface area contributed by atoms with E-state index in [0.29, 0.717) is 19.6 Å². The van der Waals surface area contributed by atoms with Crippen molar-refractivity contribution in [1.29, 1.82) is 0 Å². The Bertz CT molecular complexity index is 1010. The molecular formula is C29H39N3O4. The maximum Gasteiger partial charge on any atom is 0.237 e. The molecule has 1 amide bonds. The Labute approximate surface area is 214 Å². The zero-order chi connectivity index (χ0) is 24.9. The number of hydrogen-bond acceptors (Lipinski definition) is 6. The van der Waals surface area contributed by atoms with Gasteiger partial charge in [0.25, 0.3) is 0 Å². The Morgan fingerprint density at radius 2 is 1.78 bits per heavy atom. The van der Waals surface area contributed by atoms with Crippen LogP contribution in [0.5, 0.6) is 11.5 Å². The van der Waals surface area contributed by atoms with E-state index in [1.165, 1.54) is 18.4 Å². The molecule has 7 nitrogen and oxygen atoms in total. The van der Waals surface area contributed by atoms with Gasteiger partial charge in [-0.1, -0.05) is 30.3 Å². The summed E-state index contributed by atoms with van der Waals surface area (Å²) in [7, 11) is 1.69. The molecule has 0 spiro atoms. The normalized spacial score (nSPS) is 23.3. The summed E-state index contributed by atoms with van der Waals surface area (Å²) in [5.41, 5.74) is 2.34. The molecule has 0 unspecified atom stereocenters. The van der Waals surface area contributed by atoms with Crippen LogP contribution in [0.3, 0.4) is 0 Å². The Balaban J connectivity index is 1.32. The van der Waals surface area contributed by atoms with Gasteiger partial charge in [-0.25, -0.2) is 0 Å². The van der Waals surface area contributed by atoms with Gasteiger partial charge in [0.15, 0.2) is 11.5 Å². The third-order valence-corrected chi connectivity index (χ3v) is 7.83. The van der Waals surface area contributed by atoms with Gasteiger partial charge < -0.3 is 24.4 Å². The number of carbonyl (C=O) groups is 1. The standard InChI is InChI=1S/C29H39N3O4/c1-35-27-12-11-23(18-28(27)36-26-9-5-6-10-26)31-15-16-32(29(34)21-30-14-13-25(33)20-30)24(19-31)17-22-7-3-2-4-8-22/h2-4,7-8,11-12,18,24-26,33H,5-6,9-10,13-17,19-21H2,1H3/t24-,25+/m0/s1. The van der Waals surface area contributed by atoms with E-state index in [-0.39, 0.29) is 24.2 Å². The summed E-state index contributed by atoms with van der Waals surface area (Å²) in [6, 6.07) is 16.7. The predicted octanol–water partition coefficient (Wildman–Crippen LogP) is 3.34. The van der Waals surface area contributed by atoms with Crippen LogP contribution in [0.1, 0.15) is 37.7 Å². The van der Waals surface area contributed by atoms with Crippen LogP contribution in [0.15, 0.2) is 48.5 Å². The molecule has 2 atom stereocenters. The molecule has 5 rings (SSSR count). The summed E-state index contributed by atoms with van der Waals surface area (Å²) in [5.74, 6) is 1.74. The molecule has 2 aliphatic heterocycles. The molecule has 1 saturated carbocycles. The van der Waals surface area contributed by atoms with Crippen LogP contribution >= 0.6 is 0 Å². The zero-order valence-corrected chi connectivity index (χ0v) is 21.3. The number of hydrogen-bond donors (Lipinski definition) is 1. The number of methoxy groups -OCH3 is 1. The van der Waals surface area contributed by atoms with Crippen molar-refractivity contribution in [2.75, 3.05) is 51.3 Å². The van der Waals surface area contributed by atoms with Crippen LogP contribution < -0.4 is 14.4 Å². The topological polar surface area (TPSA) is 65.5 Å². The van der Waals surface area contributed by atoms with E-state index >= 15 is 0 Å². The number of ether oxygens (including phenoxy) is 2. The fourth-order valence-corrected chi connectivity index (χ4v) is 5.86. The number of aliphatic hydroxyl groups is 1. The van der Waals surface area contributed by atoms with Crippen molar-refractivity contribution in [3.8, 4) is 11.5 Å². The molecule has 2 aromatic carbocycles. The molecule has 1 aliphatic carbocycles. The average Bonchev–Trinajstić information content (AvgIpc) is 3.56. The summed E-state index contributed by atoms with van der Waals surface area (Å²) in [6.07, 6.45) is 6.15. The summed E-state index contributed by atoms with van der Waals surface area (Å²) < 4.78 is 12.0. The molecule has 7 heteroatoms. The van der Waals surface area contributed by atoms with E-state index in [0.717, 1.165) is 62.5 Å². The Hall–Kier alpha value is -2.77. The fraction of sp³-hybridized carbons (Fsp3) is 0.552. The van der Waals surface area contributed by atoms with Gasteiger partial charge in [-0.15, -0.1) is 0 Å². The van der Waals surface area contributed by atoms with Crippen LogP contribution in [-0.2, 0) is 11.2 Å². The summed E-state index contributed by atoms with van der Waals surface area (Å²) >= 11 is 0. The average molecular weight is 494 g/mol. The summed E-state index contributed by atoms with van der Waals surface area (Å²) in [4.78, 5) is 19.9. The molecule has 2 heterocycles. The molecule has 194 valence electrons. The van der Waals surface area contributed by atoms with Gasteiger partial charge in [0, 0.05) is 44.5 Å². The van der Waals surface area contributed by atoms with E-state index in [1.807, 2.05) is 12.1 Å². The molecular weight excluding hydrogens is 454 g/mol. The first kappa shape index (κ1) is 24.9. The van der Waals surface area contributed by atoms with Crippen LogP contribution in [0.2, 0.25) is 0 Å². The maximum atomic E-state index is 13.4. The lowest BCUT2D eigenvalue weighted by Gasteiger charge is -2.43. The zero-order valence-electron chi connectivity index (χ0n) is 21.3. The lowest BCUT2D eigenvalue weighted by atomic mass is 10.0. The number of carbonyl (C=O) groups excluding carboxylic acids is 1. The molecule has 2 aromatic rings. The smallest absolute Gasteiger partial charge is 0.237 e. The van der Waals surface area contributed by atoms with Crippen molar-refractivity contribution < 1.29 is 19.4 Å². The highest BCUT2D eigenvalue weighted by molar-refractivity contribution is 5.79. The van der Waals surface area contributed by atoms with Crippen molar-refractivity contribution in [2.24, 2.45) is 0 Å². The van der Waals surface area contributed by atoms with Gasteiger partial charge in [0.1, 0.15) is 0 Å². The van der Waals surface area contributed by atoms with Gasteiger partial charge in [0.2, 0.25) is 5.91 Å². The monoisotopic (exact) mass is 493 g/mol. The molecule has 3 aliphatic rings. The number of β-amino-alcohol motifs (C(OH)–C–C–N with tert-alkyl or cyclic N) is 1. The number of nitrogens with zero attached hydrogens (tertiary/aromatic N) is 3. The van der Waals surface area contributed by atoms with Gasteiger partial charge in [-0.2, -0.15) is 0 Å². The molecule has 0 radical (unpaired) electrons. The predicted molar refractivity (Wildman–Crippen MR) is 141 cm³/mol. The highest BCUT2D eigenvalue weighted by Gasteiger charge is 2.33. The molecule has 2 saturated heterocycles. The van der Waals surface area contributed by atoms with Crippen molar-refractivity contribution in [3.05, 3.63) is 54.1 Å². The first-order chi connectivity index (χ1) is 17.6. The lowest BCUT2D eigenvalue weighted by molar-refractivity contribution is -0.135. The number of benzene rings is 2. The highest BCUT2D eigenvalue weighted by atomic mass is 16.5. The van der Waals surface area contributed by atoms with Crippen LogP contribution in [-0.4, -0.2) is 85.4 Å². The van der Waals surface area contributed by atoms with Gasteiger partial charge in [-0.3, -0.25) is 9.69 Å². The van der Waals surface area contributed by atoms with E-state index in [2.05, 4.69) is 51.1 Å².